The van der Waals surface area contributed by atoms with Crippen molar-refractivity contribution in [2.45, 2.75) is 4.34 Å². The monoisotopic (exact) mass is 567 g/mol. The van der Waals surface area contributed by atoms with E-state index in [-0.39, 0.29) is 46.4 Å². The Morgan fingerprint density at radius 3 is 2.21 bits per heavy atom. The van der Waals surface area contributed by atoms with Crippen molar-refractivity contribution >= 4 is 85.5 Å². The fraction of sp³-hybridized carbons (Fsp3) is 0.120. The number of carbonyl (C=O) groups is 3. The number of anilines is 3. The van der Waals surface area contributed by atoms with Gasteiger partial charge in [0.25, 0.3) is 5.69 Å². The van der Waals surface area contributed by atoms with Crippen LogP contribution >= 0.6 is 34.9 Å². The summed E-state index contributed by atoms with van der Waals surface area (Å²) in [7, 11) is 0. The second-order valence-electron chi connectivity index (χ2n) is 7.73. The Morgan fingerprint density at radius 2 is 1.47 bits per heavy atom. The summed E-state index contributed by atoms with van der Waals surface area (Å²) < 4.78 is 1.49. The summed E-state index contributed by atoms with van der Waals surface area (Å²) in [5.74, 6) is -0.481. The Kier molecular flexibility index (Phi) is 9.30. The largest absolute Gasteiger partial charge is 0.325 e. The van der Waals surface area contributed by atoms with Gasteiger partial charge in [0.05, 0.1) is 32.4 Å². The number of nitro groups is 1. The summed E-state index contributed by atoms with van der Waals surface area (Å²) in [5, 5.41) is 19.3. The number of carbonyl (C=O) groups excluding carboxylic acids is 3. The zero-order chi connectivity index (χ0) is 26.9. The molecule has 38 heavy (non-hydrogen) atoms. The van der Waals surface area contributed by atoms with Crippen molar-refractivity contribution in [3.05, 3.63) is 82.9 Å². The van der Waals surface area contributed by atoms with Crippen LogP contribution in [0.5, 0.6) is 0 Å². The van der Waals surface area contributed by atoms with Crippen LogP contribution in [-0.2, 0) is 14.4 Å². The molecule has 0 saturated heterocycles. The second-order valence-corrected chi connectivity index (χ2v) is 11.0. The van der Waals surface area contributed by atoms with E-state index in [0.29, 0.717) is 15.7 Å². The maximum atomic E-state index is 12.3. The Labute approximate surface area is 229 Å². The zero-order valence-corrected chi connectivity index (χ0v) is 22.2. The highest BCUT2D eigenvalue weighted by molar-refractivity contribution is 8.01. The Balaban J connectivity index is 1.25. The maximum Gasteiger partial charge on any atom is 0.292 e. The van der Waals surface area contributed by atoms with Gasteiger partial charge in [0, 0.05) is 17.4 Å². The fourth-order valence-electron chi connectivity index (χ4n) is 3.25. The summed E-state index contributed by atoms with van der Waals surface area (Å²) in [6, 6.07) is 20.4. The molecule has 0 aliphatic rings. The first-order valence-corrected chi connectivity index (χ1v) is 14.1. The van der Waals surface area contributed by atoms with E-state index >= 15 is 0 Å². The van der Waals surface area contributed by atoms with Gasteiger partial charge in [-0.3, -0.25) is 24.5 Å². The van der Waals surface area contributed by atoms with Crippen LogP contribution in [0.2, 0.25) is 0 Å². The molecule has 10 nitrogen and oxygen atoms in total. The van der Waals surface area contributed by atoms with Gasteiger partial charge >= 0.3 is 0 Å². The molecule has 1 heterocycles. The number of thiazole rings is 1. The van der Waals surface area contributed by atoms with Crippen molar-refractivity contribution < 1.29 is 19.3 Å². The van der Waals surface area contributed by atoms with Gasteiger partial charge in [0.15, 0.2) is 4.34 Å². The van der Waals surface area contributed by atoms with Crippen LogP contribution in [0.4, 0.5) is 22.7 Å². The van der Waals surface area contributed by atoms with Crippen molar-refractivity contribution in [2.75, 3.05) is 33.2 Å². The minimum Gasteiger partial charge on any atom is -0.325 e. The average molecular weight is 568 g/mol. The number of para-hydroxylation sites is 3. The van der Waals surface area contributed by atoms with Crippen LogP contribution in [0, 0.1) is 10.1 Å². The SMILES string of the molecule is O=C(CSCC(=O)Nc1ccc2nc(SCC(=O)Nc3ccccc3[N+](=O)[O-])sc2c1)Nc1ccccc1. The number of fused-ring (bicyclic) bond motifs is 1. The quantitative estimate of drug-likeness (QED) is 0.127. The molecular weight excluding hydrogens is 547 g/mol. The predicted molar refractivity (Wildman–Crippen MR) is 153 cm³/mol. The molecule has 3 aromatic carbocycles. The molecule has 0 atom stereocenters. The lowest BCUT2D eigenvalue weighted by atomic mass is 10.2. The number of nitrogens with zero attached hydrogens (tertiary/aromatic N) is 2. The highest BCUT2D eigenvalue weighted by Crippen LogP contribution is 2.32. The maximum absolute atomic E-state index is 12.3. The summed E-state index contributed by atoms with van der Waals surface area (Å²) in [5.41, 5.74) is 2.00. The molecule has 13 heteroatoms. The molecule has 0 saturated carbocycles. The first-order valence-electron chi connectivity index (χ1n) is 11.2. The molecule has 0 aliphatic carbocycles. The number of amides is 3. The van der Waals surface area contributed by atoms with Crippen LogP contribution in [0.25, 0.3) is 10.2 Å². The third-order valence-corrected chi connectivity index (χ3v) is 7.97. The standard InChI is InChI=1S/C25H21N5O5S3/c31-22(26-16-6-2-1-3-7-16)13-36-14-23(32)27-17-10-11-19-21(12-17)38-25(29-19)37-15-24(33)28-18-8-4-5-9-20(18)30(34)35/h1-12H,13-15H2,(H,26,31)(H,27,32)(H,28,33). The summed E-state index contributed by atoms with van der Waals surface area (Å²) >= 11 is 3.81. The van der Waals surface area contributed by atoms with Crippen LogP contribution < -0.4 is 16.0 Å². The molecule has 1 aromatic heterocycles. The van der Waals surface area contributed by atoms with Crippen molar-refractivity contribution in [2.24, 2.45) is 0 Å². The minimum atomic E-state index is -0.547. The van der Waals surface area contributed by atoms with Gasteiger partial charge in [-0.1, -0.05) is 42.1 Å². The van der Waals surface area contributed by atoms with Gasteiger partial charge < -0.3 is 16.0 Å². The van der Waals surface area contributed by atoms with Crippen LogP contribution in [-0.4, -0.2) is 44.9 Å². The molecular formula is C25H21N5O5S3. The van der Waals surface area contributed by atoms with Gasteiger partial charge in [0.1, 0.15) is 5.69 Å². The van der Waals surface area contributed by atoms with Crippen LogP contribution in [0.15, 0.2) is 77.1 Å². The minimum absolute atomic E-state index is 0.0323. The van der Waals surface area contributed by atoms with Gasteiger partial charge in [-0.25, -0.2) is 4.98 Å². The second kappa shape index (κ2) is 13.0. The van der Waals surface area contributed by atoms with E-state index in [0.717, 1.165) is 10.2 Å². The summed E-state index contributed by atoms with van der Waals surface area (Å²) in [4.78, 5) is 51.7. The number of nitro benzene ring substituents is 1. The van der Waals surface area contributed by atoms with E-state index in [2.05, 4.69) is 20.9 Å². The molecule has 0 unspecified atom stereocenters. The Morgan fingerprint density at radius 1 is 0.816 bits per heavy atom. The molecule has 4 rings (SSSR count). The first-order chi connectivity index (χ1) is 18.4. The molecule has 0 aliphatic heterocycles. The predicted octanol–water partition coefficient (Wildman–Crippen LogP) is 5.25. The lowest BCUT2D eigenvalue weighted by Gasteiger charge is -2.06. The number of aromatic nitrogens is 1. The molecule has 194 valence electrons. The molecule has 3 N–H and O–H groups in total. The summed E-state index contributed by atoms with van der Waals surface area (Å²) in [6.45, 7) is 0. The number of thioether (sulfide) groups is 2. The Hall–Kier alpha value is -3.94. The van der Waals surface area contributed by atoms with Gasteiger partial charge in [-0.15, -0.1) is 23.1 Å². The van der Waals surface area contributed by atoms with E-state index in [1.165, 1.54) is 53.1 Å². The molecule has 0 radical (unpaired) electrons. The van der Waals surface area contributed by atoms with E-state index in [4.69, 9.17) is 0 Å². The zero-order valence-electron chi connectivity index (χ0n) is 19.7. The smallest absolute Gasteiger partial charge is 0.292 e. The highest BCUT2D eigenvalue weighted by Gasteiger charge is 2.16. The molecule has 0 bridgehead atoms. The van der Waals surface area contributed by atoms with Crippen molar-refractivity contribution in [3.63, 3.8) is 0 Å². The van der Waals surface area contributed by atoms with Crippen LogP contribution in [0.3, 0.4) is 0 Å². The third kappa shape index (κ3) is 7.78. The summed E-state index contributed by atoms with van der Waals surface area (Å²) in [6.07, 6.45) is 0. The van der Waals surface area contributed by atoms with E-state index < -0.39 is 4.92 Å². The third-order valence-electron chi connectivity index (χ3n) is 4.88. The van der Waals surface area contributed by atoms with Gasteiger partial charge in [-0.05, 0) is 36.4 Å². The van der Waals surface area contributed by atoms with Crippen molar-refractivity contribution in [3.8, 4) is 0 Å². The van der Waals surface area contributed by atoms with E-state index in [1.54, 1.807) is 36.4 Å². The van der Waals surface area contributed by atoms with Crippen LogP contribution in [0.1, 0.15) is 0 Å². The van der Waals surface area contributed by atoms with Gasteiger partial charge in [0.2, 0.25) is 17.7 Å². The van der Waals surface area contributed by atoms with Crippen molar-refractivity contribution in [1.82, 2.24) is 4.98 Å². The molecule has 0 fully saturated rings. The highest BCUT2D eigenvalue weighted by atomic mass is 32.2. The number of benzene rings is 3. The number of nitrogens with one attached hydrogen (secondary N) is 3. The van der Waals surface area contributed by atoms with E-state index in [9.17, 15) is 24.5 Å². The molecule has 4 aromatic rings. The van der Waals surface area contributed by atoms with Crippen molar-refractivity contribution in [1.29, 1.82) is 0 Å². The van der Waals surface area contributed by atoms with E-state index in [1.807, 2.05) is 18.2 Å². The molecule has 0 spiro atoms. The topological polar surface area (TPSA) is 143 Å². The average Bonchev–Trinajstić information content (AvgIpc) is 3.30. The molecule has 3 amide bonds. The normalized spacial score (nSPS) is 10.6. The first kappa shape index (κ1) is 27.1. The lowest BCUT2D eigenvalue weighted by molar-refractivity contribution is -0.383. The fourth-order valence-corrected chi connectivity index (χ4v) is 5.77. The Bertz CT molecular complexity index is 1480. The number of hydrogen-bond donors (Lipinski definition) is 3. The lowest BCUT2D eigenvalue weighted by Crippen LogP contribution is -2.18. The number of rotatable bonds is 11. The van der Waals surface area contributed by atoms with Gasteiger partial charge in [-0.2, -0.15) is 0 Å². The number of hydrogen-bond acceptors (Lipinski definition) is 9.